The quantitative estimate of drug-likeness (QED) is 0.153. The molecule has 4 aromatic rings. The average molecular weight is 596 g/mol. The Morgan fingerprint density at radius 3 is 2.27 bits per heavy atom. The maximum absolute atomic E-state index is 13.7. The number of hydrogen-bond donors (Lipinski definition) is 0. The van der Waals surface area contributed by atoms with E-state index in [2.05, 4.69) is 0 Å². The fraction of sp³-hybridized carbons (Fsp3) is 0.281. The van der Waals surface area contributed by atoms with E-state index in [-0.39, 0.29) is 45.9 Å². The zero-order valence-electron chi connectivity index (χ0n) is 23.7. The minimum atomic E-state index is -0.855. The van der Waals surface area contributed by atoms with Crippen LogP contribution in [-0.2, 0) is 15.9 Å². The van der Waals surface area contributed by atoms with Crippen molar-refractivity contribution in [2.24, 2.45) is 0 Å². The Morgan fingerprint density at radius 2 is 1.61 bits per heavy atom. The second-order valence-corrected chi connectivity index (χ2v) is 11.5. The number of ether oxygens (including phenoxy) is 2. The van der Waals surface area contributed by atoms with Gasteiger partial charge in [-0.3, -0.25) is 4.79 Å². The number of ketones is 1. The summed E-state index contributed by atoms with van der Waals surface area (Å²) in [6.07, 6.45) is -0.217. The molecule has 7 nitrogen and oxygen atoms in total. The number of esters is 1. The molecule has 0 amide bonds. The van der Waals surface area contributed by atoms with Gasteiger partial charge in [0.25, 0.3) is 0 Å². The number of anilines is 1. The maximum Gasteiger partial charge on any atom is 0.419 e. The zero-order valence-corrected chi connectivity index (χ0v) is 25.2. The Hall–Kier alpha value is -3.81. The molecule has 0 bridgehead atoms. The van der Waals surface area contributed by atoms with Crippen molar-refractivity contribution >= 4 is 57.6 Å². The summed E-state index contributed by atoms with van der Waals surface area (Å²) in [4.78, 5) is 42.2. The normalized spacial score (nSPS) is 11.4. The van der Waals surface area contributed by atoms with Gasteiger partial charge in [0.1, 0.15) is 5.60 Å². The fourth-order valence-corrected chi connectivity index (χ4v) is 5.29. The summed E-state index contributed by atoms with van der Waals surface area (Å²) < 4.78 is 12.1. The first-order valence-corrected chi connectivity index (χ1v) is 14.0. The summed E-state index contributed by atoms with van der Waals surface area (Å²) in [5.74, 6) is -0.933. The van der Waals surface area contributed by atoms with Gasteiger partial charge in [-0.2, -0.15) is 0 Å². The van der Waals surface area contributed by atoms with E-state index in [9.17, 15) is 14.4 Å². The molecule has 0 fully saturated rings. The Balaban J connectivity index is 1.83. The Bertz CT molecular complexity index is 1610. The topological polar surface area (TPSA) is 77.8 Å². The average Bonchev–Trinajstić information content (AvgIpc) is 3.24. The van der Waals surface area contributed by atoms with Gasteiger partial charge in [0, 0.05) is 23.0 Å². The van der Waals surface area contributed by atoms with Crippen LogP contribution in [0.1, 0.15) is 59.7 Å². The van der Waals surface area contributed by atoms with E-state index in [0.717, 1.165) is 15.7 Å². The molecule has 0 aliphatic carbocycles. The number of aromatic nitrogens is 1. The molecule has 0 unspecified atom stereocenters. The number of likely N-dealkylation sites (N-methyl/N-ethyl adjacent to an activating group) is 1. The van der Waals surface area contributed by atoms with Crippen molar-refractivity contribution in [1.82, 2.24) is 4.57 Å². The Kier molecular flexibility index (Phi) is 9.10. The van der Waals surface area contributed by atoms with Crippen LogP contribution in [0.25, 0.3) is 10.9 Å². The van der Waals surface area contributed by atoms with Gasteiger partial charge in [0.05, 0.1) is 29.4 Å². The van der Waals surface area contributed by atoms with Crippen LogP contribution in [0.4, 0.5) is 10.5 Å². The molecule has 41 heavy (non-hydrogen) atoms. The van der Waals surface area contributed by atoms with Crippen molar-refractivity contribution in [3.05, 3.63) is 99.2 Å². The molecule has 0 saturated carbocycles. The van der Waals surface area contributed by atoms with Crippen LogP contribution in [0, 0.1) is 0 Å². The highest BCUT2D eigenvalue weighted by molar-refractivity contribution is 6.40. The molecule has 4 rings (SSSR count). The number of nitrogens with zero attached hydrogens (tertiary/aromatic N) is 2. The first kappa shape index (κ1) is 30.2. The summed E-state index contributed by atoms with van der Waals surface area (Å²) in [6.45, 7) is 6.79. The van der Waals surface area contributed by atoms with Gasteiger partial charge in [-0.05, 0) is 57.4 Å². The van der Waals surface area contributed by atoms with Gasteiger partial charge in [0.2, 0.25) is 0 Å². The van der Waals surface area contributed by atoms with E-state index in [4.69, 9.17) is 32.7 Å². The van der Waals surface area contributed by atoms with Crippen LogP contribution in [0.2, 0.25) is 10.0 Å². The lowest BCUT2D eigenvalue weighted by atomic mass is 9.97. The lowest BCUT2D eigenvalue weighted by Crippen LogP contribution is -2.31. The summed E-state index contributed by atoms with van der Waals surface area (Å²) in [5.41, 5.74) is 2.09. The minimum absolute atomic E-state index is 0.0676. The molecular weight excluding hydrogens is 563 g/mol. The van der Waals surface area contributed by atoms with Gasteiger partial charge < -0.3 is 14.4 Å². The van der Waals surface area contributed by atoms with Crippen molar-refractivity contribution in [3.8, 4) is 0 Å². The van der Waals surface area contributed by atoms with Gasteiger partial charge in [-0.15, -0.1) is 0 Å². The highest BCUT2D eigenvalue weighted by atomic mass is 35.5. The fourth-order valence-electron chi connectivity index (χ4n) is 4.71. The second kappa shape index (κ2) is 12.4. The molecule has 0 spiro atoms. The highest BCUT2D eigenvalue weighted by Crippen LogP contribution is 2.41. The Morgan fingerprint density at radius 1 is 0.951 bits per heavy atom. The third-order valence-corrected chi connectivity index (χ3v) is 6.84. The number of carbonyl (C=O) groups is 3. The number of carbonyl (C=O) groups excluding carboxylic acids is 3. The largest absolute Gasteiger partial charge is 0.461 e. The summed E-state index contributed by atoms with van der Waals surface area (Å²) in [5, 5.41) is 0.845. The predicted molar refractivity (Wildman–Crippen MR) is 163 cm³/mol. The molecule has 0 aliphatic heterocycles. The Labute approximate surface area is 249 Å². The van der Waals surface area contributed by atoms with E-state index < -0.39 is 17.7 Å². The van der Waals surface area contributed by atoms with Crippen LogP contribution in [-0.4, -0.2) is 48.2 Å². The van der Waals surface area contributed by atoms with Gasteiger partial charge in [-0.25, -0.2) is 14.2 Å². The number of halogens is 2. The number of fused-ring (bicyclic) bond motifs is 1. The molecular formula is C32H32Cl2N2O5. The molecule has 0 N–H and O–H groups in total. The van der Waals surface area contributed by atoms with Crippen LogP contribution >= 0.6 is 23.2 Å². The SMILES string of the molecule is CCOC(=O)c1c(N(C)CC(=O)c2ccccc2Cc2ccccc2)c2c(Cl)cc(Cl)cc2n1C(=O)OC(C)(C)C. The molecule has 0 saturated heterocycles. The van der Waals surface area contributed by atoms with Crippen LogP contribution in [0.5, 0.6) is 0 Å². The smallest absolute Gasteiger partial charge is 0.419 e. The third kappa shape index (κ3) is 6.75. The summed E-state index contributed by atoms with van der Waals surface area (Å²) in [7, 11) is 1.67. The molecule has 9 heteroatoms. The zero-order chi connectivity index (χ0) is 29.9. The molecule has 1 aromatic heterocycles. The van der Waals surface area contributed by atoms with E-state index in [1.165, 1.54) is 12.1 Å². The van der Waals surface area contributed by atoms with E-state index in [0.29, 0.717) is 17.4 Å². The van der Waals surface area contributed by atoms with Crippen LogP contribution in [0.15, 0.2) is 66.7 Å². The van der Waals surface area contributed by atoms with Crippen molar-refractivity contribution in [2.75, 3.05) is 25.1 Å². The standard InChI is InChI=1S/C32H32Cl2N2O5/c1-6-40-30(38)29-28(27-24(34)17-22(33)18-25(27)36(29)31(39)41-32(2,3)4)35(5)19-26(37)23-15-11-10-14-21(23)16-20-12-8-7-9-13-20/h7-15,17-18H,6,16,19H2,1-5H3. The second-order valence-electron chi connectivity index (χ2n) is 10.6. The molecule has 0 radical (unpaired) electrons. The number of rotatable bonds is 8. The van der Waals surface area contributed by atoms with Crippen molar-refractivity contribution in [2.45, 2.75) is 39.7 Å². The van der Waals surface area contributed by atoms with Crippen molar-refractivity contribution < 1.29 is 23.9 Å². The molecule has 214 valence electrons. The van der Waals surface area contributed by atoms with Gasteiger partial charge in [-0.1, -0.05) is 77.8 Å². The van der Waals surface area contributed by atoms with Crippen molar-refractivity contribution in [1.29, 1.82) is 0 Å². The lowest BCUT2D eigenvalue weighted by Gasteiger charge is -2.22. The summed E-state index contributed by atoms with van der Waals surface area (Å²) >= 11 is 13.0. The van der Waals surface area contributed by atoms with Gasteiger partial charge >= 0.3 is 12.1 Å². The monoisotopic (exact) mass is 594 g/mol. The highest BCUT2D eigenvalue weighted by Gasteiger charge is 2.33. The van der Waals surface area contributed by atoms with Crippen molar-refractivity contribution in [3.63, 3.8) is 0 Å². The molecule has 3 aromatic carbocycles. The van der Waals surface area contributed by atoms with Crippen LogP contribution < -0.4 is 4.90 Å². The van der Waals surface area contributed by atoms with E-state index in [1.54, 1.807) is 45.7 Å². The maximum atomic E-state index is 13.7. The number of benzene rings is 3. The molecule has 1 heterocycles. The lowest BCUT2D eigenvalue weighted by molar-refractivity contribution is 0.0454. The molecule has 0 aliphatic rings. The molecule has 0 atom stereocenters. The first-order chi connectivity index (χ1) is 19.4. The number of Topliss-reactive ketones (excluding diaryl/α,β-unsaturated/α-hetero) is 1. The van der Waals surface area contributed by atoms with E-state index >= 15 is 0 Å². The van der Waals surface area contributed by atoms with E-state index in [1.807, 2.05) is 48.5 Å². The summed E-state index contributed by atoms with van der Waals surface area (Å²) in [6, 6.07) is 20.4. The van der Waals surface area contributed by atoms with Crippen LogP contribution in [0.3, 0.4) is 0 Å². The third-order valence-electron chi connectivity index (χ3n) is 6.32. The first-order valence-electron chi connectivity index (χ1n) is 13.2. The predicted octanol–water partition coefficient (Wildman–Crippen LogP) is 7.82. The number of hydrogen-bond acceptors (Lipinski definition) is 6. The minimum Gasteiger partial charge on any atom is -0.461 e. The van der Waals surface area contributed by atoms with Gasteiger partial charge in [0.15, 0.2) is 11.5 Å².